The van der Waals surface area contributed by atoms with Gasteiger partial charge in [-0.05, 0) is 33.4 Å². The summed E-state index contributed by atoms with van der Waals surface area (Å²) < 4.78 is 11.5. The van der Waals surface area contributed by atoms with Crippen LogP contribution in [0.2, 0.25) is 0 Å². The molecule has 0 saturated heterocycles. The molecular weight excluding hydrogens is 258 g/mol. The minimum Gasteiger partial charge on any atom is -1.00 e. The summed E-state index contributed by atoms with van der Waals surface area (Å²) in [4.78, 5) is 1.43. The summed E-state index contributed by atoms with van der Waals surface area (Å²) >= 11 is 4.22. The van der Waals surface area contributed by atoms with Gasteiger partial charge in [0, 0.05) is 6.42 Å². The van der Waals surface area contributed by atoms with Crippen molar-refractivity contribution in [2.45, 2.75) is 52.6 Å². The Morgan fingerprint density at radius 1 is 1.06 bits per heavy atom. The summed E-state index contributed by atoms with van der Waals surface area (Å²) in [6.07, 6.45) is 1.45. The van der Waals surface area contributed by atoms with Crippen LogP contribution in [0.1, 0.15) is 34.1 Å². The molecule has 0 bridgehead atoms. The summed E-state index contributed by atoms with van der Waals surface area (Å²) in [6, 6.07) is 0. The Kier molecular flexibility index (Phi) is 13.5. The van der Waals surface area contributed by atoms with Crippen LogP contribution >= 0.6 is 12.6 Å². The van der Waals surface area contributed by atoms with Gasteiger partial charge in [0.1, 0.15) is 6.54 Å². The number of nitrogens with one attached hydrogen (secondary N) is 1. The van der Waals surface area contributed by atoms with Crippen LogP contribution < -0.4 is 17.3 Å². The highest BCUT2D eigenvalue weighted by atomic mass is 35.5. The van der Waals surface area contributed by atoms with Gasteiger partial charge >= 0.3 is 0 Å². The Balaban J connectivity index is 0. The van der Waals surface area contributed by atoms with Gasteiger partial charge in [-0.3, -0.25) is 0 Å². The van der Waals surface area contributed by atoms with E-state index < -0.39 is 0 Å². The SMILES string of the molecule is CC(C)OC(C[NH+](C)CCCS)OC(C)C.[Cl-]. The van der Waals surface area contributed by atoms with E-state index in [2.05, 4.69) is 19.7 Å². The number of hydrogen-bond acceptors (Lipinski definition) is 3. The molecule has 0 aromatic carbocycles. The van der Waals surface area contributed by atoms with Gasteiger partial charge in [-0.2, -0.15) is 12.6 Å². The lowest BCUT2D eigenvalue weighted by atomic mass is 10.4. The van der Waals surface area contributed by atoms with E-state index in [1.54, 1.807) is 0 Å². The molecule has 0 rings (SSSR count). The third kappa shape index (κ3) is 12.8. The number of quaternary nitrogens is 1. The largest absolute Gasteiger partial charge is 1.00 e. The molecule has 0 aliphatic heterocycles. The van der Waals surface area contributed by atoms with Gasteiger partial charge in [0.25, 0.3) is 0 Å². The van der Waals surface area contributed by atoms with Crippen LogP contribution in [0.15, 0.2) is 0 Å². The molecule has 0 fully saturated rings. The third-order valence-corrected chi connectivity index (χ3v) is 2.44. The van der Waals surface area contributed by atoms with Crippen LogP contribution in [0.4, 0.5) is 0 Å². The molecule has 3 nitrogen and oxygen atoms in total. The Hall–Kier alpha value is 0.520. The van der Waals surface area contributed by atoms with Crippen LogP contribution in [0.5, 0.6) is 0 Å². The third-order valence-electron chi connectivity index (χ3n) is 2.12. The second kappa shape index (κ2) is 11.6. The van der Waals surface area contributed by atoms with E-state index in [9.17, 15) is 0 Å². The molecule has 1 atom stereocenters. The fraction of sp³-hybridized carbons (Fsp3) is 1.00. The monoisotopic (exact) mass is 285 g/mol. The van der Waals surface area contributed by atoms with Gasteiger partial charge in [-0.25, -0.2) is 0 Å². The second-order valence-electron chi connectivity index (χ2n) is 4.79. The maximum atomic E-state index is 5.75. The molecule has 0 aliphatic carbocycles. The number of hydrogen-bond donors (Lipinski definition) is 2. The van der Waals surface area contributed by atoms with E-state index in [0.717, 1.165) is 25.3 Å². The first-order valence-electron chi connectivity index (χ1n) is 6.18. The van der Waals surface area contributed by atoms with Crippen LogP contribution in [-0.2, 0) is 9.47 Å². The quantitative estimate of drug-likeness (QED) is 0.378. The molecule has 0 spiro atoms. The fourth-order valence-electron chi connectivity index (χ4n) is 1.50. The molecule has 0 radical (unpaired) electrons. The standard InChI is InChI=1S/C12H27NO2S.ClH/c1-10(2)14-12(15-11(3)4)9-13(5)7-6-8-16;/h10-12,16H,6-9H2,1-5H3;1H. The minimum absolute atomic E-state index is 0. The average molecular weight is 286 g/mol. The number of halogens is 1. The first-order chi connectivity index (χ1) is 7.45. The Labute approximate surface area is 118 Å². The van der Waals surface area contributed by atoms with Crippen LogP contribution in [0.25, 0.3) is 0 Å². The molecule has 0 aromatic rings. The van der Waals surface area contributed by atoms with E-state index in [0.29, 0.717) is 0 Å². The average Bonchev–Trinajstić information content (AvgIpc) is 2.12. The summed E-state index contributed by atoms with van der Waals surface area (Å²) in [7, 11) is 2.17. The highest BCUT2D eigenvalue weighted by molar-refractivity contribution is 7.80. The summed E-state index contributed by atoms with van der Waals surface area (Å²) in [6.45, 7) is 10.2. The Bertz CT molecular complexity index is 161. The molecule has 0 saturated carbocycles. The first-order valence-corrected chi connectivity index (χ1v) is 6.82. The Morgan fingerprint density at radius 2 is 1.53 bits per heavy atom. The zero-order chi connectivity index (χ0) is 12.6. The van der Waals surface area contributed by atoms with Gasteiger partial charge < -0.3 is 26.8 Å². The van der Waals surface area contributed by atoms with Crippen molar-refractivity contribution in [3.8, 4) is 0 Å². The smallest absolute Gasteiger partial charge is 0.208 e. The molecule has 0 heterocycles. The maximum Gasteiger partial charge on any atom is 0.208 e. The van der Waals surface area contributed by atoms with Crippen LogP contribution in [0.3, 0.4) is 0 Å². The molecule has 1 unspecified atom stereocenters. The summed E-state index contributed by atoms with van der Waals surface area (Å²) in [5.41, 5.74) is 0. The number of rotatable bonds is 9. The van der Waals surface area contributed by atoms with Crippen molar-refractivity contribution in [1.82, 2.24) is 0 Å². The van der Waals surface area contributed by atoms with Gasteiger partial charge in [0.05, 0.1) is 25.8 Å². The molecule has 1 N–H and O–H groups in total. The van der Waals surface area contributed by atoms with Gasteiger partial charge in [-0.1, -0.05) is 0 Å². The van der Waals surface area contributed by atoms with E-state index >= 15 is 0 Å². The Morgan fingerprint density at radius 3 is 1.88 bits per heavy atom. The van der Waals surface area contributed by atoms with Crippen molar-refractivity contribution in [1.29, 1.82) is 0 Å². The van der Waals surface area contributed by atoms with Crippen molar-refractivity contribution in [3.63, 3.8) is 0 Å². The fourth-order valence-corrected chi connectivity index (χ4v) is 1.66. The van der Waals surface area contributed by atoms with Gasteiger partial charge in [-0.15, -0.1) is 0 Å². The molecule has 5 heteroatoms. The molecule has 106 valence electrons. The normalized spacial score (nSPS) is 13.2. The van der Waals surface area contributed by atoms with E-state index in [1.165, 1.54) is 4.90 Å². The van der Waals surface area contributed by atoms with Gasteiger partial charge in [0.2, 0.25) is 6.29 Å². The van der Waals surface area contributed by atoms with Crippen molar-refractivity contribution >= 4 is 12.6 Å². The van der Waals surface area contributed by atoms with Crippen LogP contribution in [0, 0.1) is 0 Å². The molecule has 0 amide bonds. The van der Waals surface area contributed by atoms with Crippen molar-refractivity contribution in [3.05, 3.63) is 0 Å². The van der Waals surface area contributed by atoms with E-state index in [1.807, 2.05) is 27.7 Å². The highest BCUT2D eigenvalue weighted by Gasteiger charge is 2.18. The number of thiol groups is 1. The molecule has 17 heavy (non-hydrogen) atoms. The number of likely N-dealkylation sites (N-methyl/N-ethyl adjacent to an activating group) is 1. The van der Waals surface area contributed by atoms with Crippen molar-refractivity contribution < 1.29 is 26.8 Å². The zero-order valence-corrected chi connectivity index (χ0v) is 13.4. The predicted octanol–water partition coefficient (Wildman–Crippen LogP) is -2.00. The number of ether oxygens (including phenoxy) is 2. The molecule has 0 aromatic heterocycles. The topological polar surface area (TPSA) is 22.9 Å². The van der Waals surface area contributed by atoms with Crippen LogP contribution in [-0.4, -0.2) is 44.4 Å². The lowest BCUT2D eigenvalue weighted by molar-refractivity contribution is -0.886. The highest BCUT2D eigenvalue weighted by Crippen LogP contribution is 2.01. The lowest BCUT2D eigenvalue weighted by Crippen LogP contribution is -3.10. The summed E-state index contributed by atoms with van der Waals surface area (Å²) in [5.74, 6) is 0.943. The van der Waals surface area contributed by atoms with Crippen molar-refractivity contribution in [2.75, 3.05) is 25.9 Å². The molecular formula is C12H28ClNO2S. The molecule has 0 aliphatic rings. The lowest BCUT2D eigenvalue weighted by Gasteiger charge is -2.25. The van der Waals surface area contributed by atoms with E-state index in [-0.39, 0.29) is 30.9 Å². The first kappa shape index (κ1) is 19.9. The van der Waals surface area contributed by atoms with Gasteiger partial charge in [0.15, 0.2) is 0 Å². The predicted molar refractivity (Wildman–Crippen MR) is 71.3 cm³/mol. The second-order valence-corrected chi connectivity index (χ2v) is 5.23. The van der Waals surface area contributed by atoms with E-state index in [4.69, 9.17) is 9.47 Å². The zero-order valence-electron chi connectivity index (χ0n) is 11.7. The minimum atomic E-state index is -0.0973. The van der Waals surface area contributed by atoms with Crippen molar-refractivity contribution in [2.24, 2.45) is 0 Å². The summed E-state index contributed by atoms with van der Waals surface area (Å²) in [5, 5.41) is 0. The maximum absolute atomic E-state index is 5.75.